The molecule has 5 nitrogen and oxygen atoms in total. The van der Waals surface area contributed by atoms with Crippen LogP contribution >= 0.6 is 11.8 Å². The van der Waals surface area contributed by atoms with Gasteiger partial charge >= 0.3 is 5.97 Å². The molecule has 0 saturated carbocycles. The Hall–Kier alpha value is -2.08. The van der Waals surface area contributed by atoms with E-state index in [0.717, 1.165) is 23.0 Å². The second kappa shape index (κ2) is 6.38. The van der Waals surface area contributed by atoms with E-state index in [4.69, 9.17) is 5.11 Å². The Kier molecular flexibility index (Phi) is 4.57. The van der Waals surface area contributed by atoms with E-state index in [-0.39, 0.29) is 5.78 Å². The van der Waals surface area contributed by atoms with E-state index in [9.17, 15) is 9.59 Å². The van der Waals surface area contributed by atoms with Crippen molar-refractivity contribution in [3.8, 4) is 5.69 Å². The molecule has 1 heterocycles. The Morgan fingerprint density at radius 1 is 1.35 bits per heavy atom. The van der Waals surface area contributed by atoms with Crippen molar-refractivity contribution in [3.63, 3.8) is 0 Å². The molecule has 0 aliphatic carbocycles. The number of aromatic nitrogens is 2. The molecule has 2 rings (SSSR count). The average Bonchev–Trinajstić information content (AvgIpc) is 2.92. The van der Waals surface area contributed by atoms with Gasteiger partial charge < -0.3 is 5.11 Å². The summed E-state index contributed by atoms with van der Waals surface area (Å²) in [5, 5.41) is 12.1. The van der Waals surface area contributed by atoms with Gasteiger partial charge in [-0.25, -0.2) is 4.68 Å². The first-order chi connectivity index (χ1) is 9.58. The molecule has 6 heteroatoms. The maximum Gasteiger partial charge on any atom is 0.324 e. The number of aliphatic carboxylic acids is 1. The van der Waals surface area contributed by atoms with Crippen molar-refractivity contribution < 1.29 is 14.7 Å². The van der Waals surface area contributed by atoms with Crippen LogP contribution < -0.4 is 0 Å². The third-order valence-corrected chi connectivity index (χ3v) is 4.08. The number of carboxylic acids is 1. The molecule has 0 aliphatic rings. The standard InChI is InChI=1S/C14H14N2O3S/c1-10(17)13(14(18)19)20-9-11-3-5-12(6-4-11)16-8-2-7-15-16/h2-8,13H,9H2,1H3,(H,18,19). The highest BCUT2D eigenvalue weighted by Crippen LogP contribution is 2.20. The van der Waals surface area contributed by atoms with Crippen molar-refractivity contribution in [1.82, 2.24) is 9.78 Å². The Labute approximate surface area is 120 Å². The van der Waals surface area contributed by atoms with Crippen LogP contribution in [0.2, 0.25) is 0 Å². The van der Waals surface area contributed by atoms with Gasteiger partial charge in [0.05, 0.1) is 5.69 Å². The zero-order valence-corrected chi connectivity index (χ0v) is 11.7. The molecule has 0 bridgehead atoms. The van der Waals surface area contributed by atoms with Crippen LogP contribution in [-0.2, 0) is 15.3 Å². The highest BCUT2D eigenvalue weighted by atomic mass is 32.2. The zero-order chi connectivity index (χ0) is 14.5. The number of nitrogens with zero attached hydrogens (tertiary/aromatic N) is 2. The van der Waals surface area contributed by atoms with E-state index >= 15 is 0 Å². The van der Waals surface area contributed by atoms with E-state index in [1.165, 1.54) is 6.92 Å². The number of Topliss-reactive ketones (excluding diaryl/α,β-unsaturated/α-hetero) is 1. The molecule has 0 fully saturated rings. The summed E-state index contributed by atoms with van der Waals surface area (Å²) in [6, 6.07) is 9.47. The maximum atomic E-state index is 11.2. The van der Waals surface area contributed by atoms with Gasteiger partial charge in [0.25, 0.3) is 0 Å². The van der Waals surface area contributed by atoms with Crippen LogP contribution in [0.5, 0.6) is 0 Å². The fraction of sp³-hybridized carbons (Fsp3) is 0.214. The quantitative estimate of drug-likeness (QED) is 0.825. The normalized spacial score (nSPS) is 12.1. The van der Waals surface area contributed by atoms with Gasteiger partial charge in [-0.15, -0.1) is 11.8 Å². The largest absolute Gasteiger partial charge is 0.480 e. The average molecular weight is 290 g/mol. The van der Waals surface area contributed by atoms with Crippen molar-refractivity contribution in [1.29, 1.82) is 0 Å². The minimum Gasteiger partial charge on any atom is -0.480 e. The molecule has 1 unspecified atom stereocenters. The molecule has 0 amide bonds. The van der Waals surface area contributed by atoms with Gasteiger partial charge in [0.15, 0.2) is 11.0 Å². The summed E-state index contributed by atoms with van der Waals surface area (Å²) >= 11 is 1.12. The maximum absolute atomic E-state index is 11.2. The van der Waals surface area contributed by atoms with E-state index in [0.29, 0.717) is 5.75 Å². The molecule has 0 saturated heterocycles. The van der Waals surface area contributed by atoms with E-state index < -0.39 is 11.2 Å². The lowest BCUT2D eigenvalue weighted by molar-refractivity contribution is -0.138. The van der Waals surface area contributed by atoms with E-state index in [1.54, 1.807) is 10.9 Å². The number of carboxylic acid groups (broad SMARTS) is 1. The molecule has 104 valence electrons. The summed E-state index contributed by atoms with van der Waals surface area (Å²) in [7, 11) is 0. The Morgan fingerprint density at radius 3 is 2.55 bits per heavy atom. The highest BCUT2D eigenvalue weighted by Gasteiger charge is 2.22. The van der Waals surface area contributed by atoms with Crippen LogP contribution in [-0.4, -0.2) is 31.9 Å². The Morgan fingerprint density at radius 2 is 2.05 bits per heavy atom. The molecule has 0 aliphatic heterocycles. The van der Waals surface area contributed by atoms with Crippen molar-refractivity contribution in [2.24, 2.45) is 0 Å². The molecular formula is C14H14N2O3S. The predicted octanol–water partition coefficient (Wildman–Crippen LogP) is 2.15. The SMILES string of the molecule is CC(=O)C(SCc1ccc(-n2cccn2)cc1)C(=O)O. The second-order valence-electron chi connectivity index (χ2n) is 4.26. The number of hydrogen-bond acceptors (Lipinski definition) is 4. The first-order valence-corrected chi connectivity index (χ1v) is 7.06. The van der Waals surface area contributed by atoms with Crippen molar-refractivity contribution in [2.45, 2.75) is 17.9 Å². The summed E-state index contributed by atoms with van der Waals surface area (Å²) in [5.74, 6) is -0.943. The number of rotatable bonds is 6. The van der Waals surface area contributed by atoms with Crippen LogP contribution in [0.3, 0.4) is 0 Å². The lowest BCUT2D eigenvalue weighted by atomic mass is 10.2. The molecule has 0 spiro atoms. The topological polar surface area (TPSA) is 72.2 Å². The smallest absolute Gasteiger partial charge is 0.324 e. The van der Waals surface area contributed by atoms with Gasteiger partial charge in [-0.05, 0) is 30.7 Å². The summed E-state index contributed by atoms with van der Waals surface area (Å²) < 4.78 is 1.74. The molecule has 1 atom stereocenters. The third-order valence-electron chi connectivity index (χ3n) is 2.72. The molecule has 2 aromatic rings. The summed E-state index contributed by atoms with van der Waals surface area (Å²) in [5.41, 5.74) is 1.91. The molecule has 1 N–H and O–H groups in total. The molecule has 20 heavy (non-hydrogen) atoms. The summed E-state index contributed by atoms with van der Waals surface area (Å²) in [6.45, 7) is 1.30. The Bertz CT molecular complexity index is 579. The van der Waals surface area contributed by atoms with Crippen LogP contribution in [0, 0.1) is 0 Å². The number of benzene rings is 1. The monoisotopic (exact) mass is 290 g/mol. The molecule has 1 aromatic carbocycles. The van der Waals surface area contributed by atoms with Crippen LogP contribution in [0.25, 0.3) is 5.69 Å². The second-order valence-corrected chi connectivity index (χ2v) is 5.35. The van der Waals surface area contributed by atoms with Gasteiger partial charge in [0.1, 0.15) is 0 Å². The summed E-state index contributed by atoms with van der Waals surface area (Å²) in [4.78, 5) is 22.1. The van der Waals surface area contributed by atoms with E-state index in [2.05, 4.69) is 5.10 Å². The van der Waals surface area contributed by atoms with Gasteiger partial charge in [-0.3, -0.25) is 9.59 Å². The molecular weight excluding hydrogens is 276 g/mol. The number of hydrogen-bond donors (Lipinski definition) is 1. The number of ketones is 1. The van der Waals surface area contributed by atoms with E-state index in [1.807, 2.05) is 36.5 Å². The highest BCUT2D eigenvalue weighted by molar-refractivity contribution is 8.00. The fourth-order valence-electron chi connectivity index (χ4n) is 1.71. The number of carbonyl (C=O) groups is 2. The van der Waals surface area contributed by atoms with Gasteiger partial charge in [-0.2, -0.15) is 5.10 Å². The van der Waals surface area contributed by atoms with Crippen LogP contribution in [0.4, 0.5) is 0 Å². The summed E-state index contributed by atoms with van der Waals surface area (Å²) in [6.07, 6.45) is 3.55. The van der Waals surface area contributed by atoms with Gasteiger partial charge in [0.2, 0.25) is 0 Å². The number of thioether (sulfide) groups is 1. The minimum atomic E-state index is -1.09. The van der Waals surface area contributed by atoms with Crippen molar-refractivity contribution >= 4 is 23.5 Å². The Balaban J connectivity index is 2.01. The zero-order valence-electron chi connectivity index (χ0n) is 10.9. The first-order valence-electron chi connectivity index (χ1n) is 6.02. The lowest BCUT2D eigenvalue weighted by Gasteiger charge is -2.09. The van der Waals surface area contributed by atoms with Gasteiger partial charge in [0, 0.05) is 18.1 Å². The fourth-order valence-corrected chi connectivity index (χ4v) is 2.64. The predicted molar refractivity (Wildman–Crippen MR) is 77.0 cm³/mol. The van der Waals surface area contributed by atoms with Gasteiger partial charge in [-0.1, -0.05) is 12.1 Å². The molecule has 1 aromatic heterocycles. The van der Waals surface area contributed by atoms with Crippen molar-refractivity contribution in [3.05, 3.63) is 48.3 Å². The lowest BCUT2D eigenvalue weighted by Crippen LogP contribution is -2.24. The first kappa shape index (κ1) is 14.3. The van der Waals surface area contributed by atoms with Crippen LogP contribution in [0.15, 0.2) is 42.7 Å². The van der Waals surface area contributed by atoms with Crippen molar-refractivity contribution in [2.75, 3.05) is 0 Å². The molecule has 0 radical (unpaired) electrons. The third kappa shape index (κ3) is 3.48. The van der Waals surface area contributed by atoms with Crippen LogP contribution in [0.1, 0.15) is 12.5 Å². The minimum absolute atomic E-state index is 0.337. The number of carbonyl (C=O) groups excluding carboxylic acids is 1.